The second-order valence-corrected chi connectivity index (χ2v) is 5.50. The van der Waals surface area contributed by atoms with E-state index in [0.29, 0.717) is 12.5 Å². The number of barbiturate groups is 1. The van der Waals surface area contributed by atoms with Gasteiger partial charge in [-0.2, -0.15) is 0 Å². The molecule has 2 atom stereocenters. The van der Waals surface area contributed by atoms with E-state index in [1.807, 2.05) is 0 Å². The molecule has 5 nitrogen and oxygen atoms in total. The molecular weight excluding hydrogens is 232 g/mol. The first-order chi connectivity index (χ1) is 8.56. The van der Waals surface area contributed by atoms with Crippen LogP contribution in [0.2, 0.25) is 0 Å². The van der Waals surface area contributed by atoms with Gasteiger partial charge in [0.05, 0.1) is 0 Å². The summed E-state index contributed by atoms with van der Waals surface area (Å²) in [5, 5.41) is 2.18. The Morgan fingerprint density at radius 3 is 2.72 bits per heavy atom. The summed E-state index contributed by atoms with van der Waals surface area (Å²) in [6.07, 6.45) is 5.55. The Morgan fingerprint density at radius 2 is 2.06 bits per heavy atom. The van der Waals surface area contributed by atoms with Gasteiger partial charge in [-0.25, -0.2) is 4.79 Å². The van der Waals surface area contributed by atoms with Gasteiger partial charge in [-0.1, -0.05) is 26.2 Å². The van der Waals surface area contributed by atoms with Crippen molar-refractivity contribution in [3.8, 4) is 0 Å². The highest BCUT2D eigenvalue weighted by Crippen LogP contribution is 2.30. The van der Waals surface area contributed by atoms with Crippen molar-refractivity contribution in [3.63, 3.8) is 0 Å². The van der Waals surface area contributed by atoms with Gasteiger partial charge < -0.3 is 0 Å². The van der Waals surface area contributed by atoms with Crippen molar-refractivity contribution in [1.82, 2.24) is 10.2 Å². The van der Waals surface area contributed by atoms with Crippen LogP contribution in [0.3, 0.4) is 0 Å². The molecular formula is C13H20N2O3. The lowest BCUT2D eigenvalue weighted by molar-refractivity contribution is -0.136. The van der Waals surface area contributed by atoms with Gasteiger partial charge in [-0.3, -0.25) is 19.8 Å². The van der Waals surface area contributed by atoms with Crippen LogP contribution in [0.15, 0.2) is 0 Å². The van der Waals surface area contributed by atoms with Crippen LogP contribution in [0.4, 0.5) is 4.79 Å². The van der Waals surface area contributed by atoms with Gasteiger partial charge in [-0.15, -0.1) is 0 Å². The average Bonchev–Trinajstić information content (AvgIpc) is 2.27. The molecule has 5 heteroatoms. The average molecular weight is 252 g/mol. The third-order valence-corrected chi connectivity index (χ3v) is 3.91. The highest BCUT2D eigenvalue weighted by molar-refractivity contribution is 6.14. The molecule has 18 heavy (non-hydrogen) atoms. The SMILES string of the molecule is CC1CCCC(CCN2C(=O)CC(=O)NC2=O)C1. The molecule has 0 bridgehead atoms. The maximum atomic E-state index is 11.6. The number of nitrogens with zero attached hydrogens (tertiary/aromatic N) is 1. The zero-order valence-electron chi connectivity index (χ0n) is 10.8. The zero-order chi connectivity index (χ0) is 13.1. The third kappa shape index (κ3) is 3.09. The Labute approximate surface area is 107 Å². The highest BCUT2D eigenvalue weighted by Gasteiger charge is 2.31. The molecule has 1 saturated heterocycles. The van der Waals surface area contributed by atoms with Crippen molar-refractivity contribution < 1.29 is 14.4 Å². The van der Waals surface area contributed by atoms with E-state index in [-0.39, 0.29) is 12.3 Å². The summed E-state index contributed by atoms with van der Waals surface area (Å²) in [7, 11) is 0. The van der Waals surface area contributed by atoms with E-state index >= 15 is 0 Å². The van der Waals surface area contributed by atoms with E-state index in [1.54, 1.807) is 0 Å². The van der Waals surface area contributed by atoms with Gasteiger partial charge in [0.1, 0.15) is 6.42 Å². The van der Waals surface area contributed by atoms with E-state index in [1.165, 1.54) is 30.6 Å². The van der Waals surface area contributed by atoms with Gasteiger partial charge in [0.15, 0.2) is 0 Å². The first-order valence-electron chi connectivity index (χ1n) is 6.70. The van der Waals surface area contributed by atoms with Crippen LogP contribution >= 0.6 is 0 Å². The molecule has 1 saturated carbocycles. The number of carbonyl (C=O) groups is 3. The Balaban J connectivity index is 1.83. The number of urea groups is 1. The number of hydrogen-bond acceptors (Lipinski definition) is 3. The number of hydrogen-bond donors (Lipinski definition) is 1. The molecule has 2 unspecified atom stereocenters. The smallest absolute Gasteiger partial charge is 0.277 e. The van der Waals surface area contributed by atoms with Gasteiger partial charge in [-0.05, 0) is 24.7 Å². The fourth-order valence-electron chi connectivity index (χ4n) is 2.94. The van der Waals surface area contributed by atoms with Gasteiger partial charge >= 0.3 is 6.03 Å². The van der Waals surface area contributed by atoms with E-state index < -0.39 is 11.9 Å². The Hall–Kier alpha value is -1.39. The maximum absolute atomic E-state index is 11.6. The number of carbonyl (C=O) groups excluding carboxylic acids is 3. The standard InChI is InChI=1S/C13H20N2O3/c1-9-3-2-4-10(7-9)5-6-15-12(17)8-11(16)14-13(15)18/h9-10H,2-8H2,1H3,(H,14,16,18). The molecule has 100 valence electrons. The van der Waals surface area contributed by atoms with Crippen LogP contribution in [0.5, 0.6) is 0 Å². The summed E-state index contributed by atoms with van der Waals surface area (Å²) in [4.78, 5) is 35.3. The fraction of sp³-hybridized carbons (Fsp3) is 0.769. The second kappa shape index (κ2) is 5.50. The van der Waals surface area contributed by atoms with Crippen LogP contribution in [-0.4, -0.2) is 29.3 Å². The molecule has 4 amide bonds. The summed E-state index contributed by atoms with van der Waals surface area (Å²) in [5.74, 6) is 0.489. The van der Waals surface area contributed by atoms with Gasteiger partial charge in [0, 0.05) is 6.54 Å². The summed E-state index contributed by atoms with van der Waals surface area (Å²) < 4.78 is 0. The molecule has 1 N–H and O–H groups in total. The minimum atomic E-state index is -0.555. The van der Waals surface area contributed by atoms with Crippen LogP contribution < -0.4 is 5.32 Å². The quantitative estimate of drug-likeness (QED) is 0.777. The Morgan fingerprint density at radius 1 is 1.28 bits per heavy atom. The lowest BCUT2D eigenvalue weighted by Crippen LogP contribution is -2.53. The summed E-state index contributed by atoms with van der Waals surface area (Å²) in [6, 6.07) is -0.555. The van der Waals surface area contributed by atoms with Crippen LogP contribution in [0, 0.1) is 11.8 Å². The molecule has 0 aromatic carbocycles. The first-order valence-corrected chi connectivity index (χ1v) is 6.70. The van der Waals surface area contributed by atoms with Crippen LogP contribution in [0.25, 0.3) is 0 Å². The van der Waals surface area contributed by atoms with Gasteiger partial charge in [0.25, 0.3) is 0 Å². The van der Waals surface area contributed by atoms with Crippen molar-refractivity contribution in [2.75, 3.05) is 6.54 Å². The van der Waals surface area contributed by atoms with E-state index in [4.69, 9.17) is 0 Å². The van der Waals surface area contributed by atoms with E-state index in [0.717, 1.165) is 12.3 Å². The number of amides is 4. The van der Waals surface area contributed by atoms with Crippen LogP contribution in [0.1, 0.15) is 45.4 Å². The predicted octanol–water partition coefficient (Wildman–Crippen LogP) is 1.67. The normalized spacial score (nSPS) is 29.4. The number of rotatable bonds is 3. The van der Waals surface area contributed by atoms with Crippen molar-refractivity contribution in [1.29, 1.82) is 0 Å². The molecule has 2 fully saturated rings. The molecule has 0 spiro atoms. The molecule has 0 radical (unpaired) electrons. The Bertz CT molecular complexity index is 347. The largest absolute Gasteiger partial charge is 0.330 e. The molecule has 2 aliphatic rings. The van der Waals surface area contributed by atoms with Crippen molar-refractivity contribution >= 4 is 17.8 Å². The van der Waals surface area contributed by atoms with E-state index in [9.17, 15) is 14.4 Å². The first kappa shape index (κ1) is 13.1. The number of imide groups is 2. The highest BCUT2D eigenvalue weighted by atomic mass is 16.2. The predicted molar refractivity (Wildman–Crippen MR) is 65.6 cm³/mol. The summed E-state index contributed by atoms with van der Waals surface area (Å²) >= 11 is 0. The summed E-state index contributed by atoms with van der Waals surface area (Å²) in [5.41, 5.74) is 0. The Kier molecular flexibility index (Phi) is 3.99. The zero-order valence-corrected chi connectivity index (χ0v) is 10.8. The number of nitrogens with one attached hydrogen (secondary N) is 1. The molecule has 1 aliphatic carbocycles. The second-order valence-electron chi connectivity index (χ2n) is 5.50. The summed E-state index contributed by atoms with van der Waals surface area (Å²) in [6.45, 7) is 2.69. The molecule has 1 heterocycles. The lowest BCUT2D eigenvalue weighted by atomic mass is 9.81. The van der Waals surface area contributed by atoms with E-state index in [2.05, 4.69) is 12.2 Å². The third-order valence-electron chi connectivity index (χ3n) is 3.91. The topological polar surface area (TPSA) is 66.5 Å². The molecule has 2 rings (SSSR count). The minimum Gasteiger partial charge on any atom is -0.277 e. The monoisotopic (exact) mass is 252 g/mol. The lowest BCUT2D eigenvalue weighted by Gasteiger charge is -2.30. The fourth-order valence-corrected chi connectivity index (χ4v) is 2.94. The minimum absolute atomic E-state index is 0.202. The van der Waals surface area contributed by atoms with Crippen LogP contribution in [-0.2, 0) is 9.59 Å². The van der Waals surface area contributed by atoms with Crippen molar-refractivity contribution in [3.05, 3.63) is 0 Å². The van der Waals surface area contributed by atoms with Gasteiger partial charge in [0.2, 0.25) is 11.8 Å². The maximum Gasteiger partial charge on any atom is 0.330 e. The molecule has 0 aromatic rings. The van der Waals surface area contributed by atoms with Crippen molar-refractivity contribution in [2.24, 2.45) is 11.8 Å². The molecule has 1 aliphatic heterocycles. The van der Waals surface area contributed by atoms with Crippen molar-refractivity contribution in [2.45, 2.75) is 45.4 Å². The molecule has 0 aromatic heterocycles.